The number of rotatable bonds is 3. The van der Waals surface area contributed by atoms with Gasteiger partial charge in [-0.15, -0.1) is 11.3 Å². The molecule has 3 nitrogen and oxygen atoms in total. The number of thiophene rings is 1. The number of hydrazone groups is 1. The highest BCUT2D eigenvalue weighted by molar-refractivity contribution is 7.80. The van der Waals surface area contributed by atoms with Crippen LogP contribution >= 0.6 is 23.6 Å². The number of aryl methyl sites for hydroxylation is 1. The number of nitrogens with one attached hydrogen (secondary N) is 2. The van der Waals surface area contributed by atoms with Crippen molar-refractivity contribution in [3.8, 4) is 0 Å². The molecule has 0 spiro atoms. The van der Waals surface area contributed by atoms with Crippen LogP contribution in [0.4, 0.5) is 0 Å². The minimum atomic E-state index is 0.493. The Bertz CT molecular complexity index is 453. The molecule has 1 aromatic rings. The van der Waals surface area contributed by atoms with Crippen LogP contribution in [-0.4, -0.2) is 17.4 Å². The molecule has 5 heteroatoms. The van der Waals surface area contributed by atoms with Crippen molar-refractivity contribution in [2.24, 2.45) is 11.0 Å². The average molecular weight is 295 g/mol. The van der Waals surface area contributed by atoms with Crippen molar-refractivity contribution in [3.05, 3.63) is 21.9 Å². The van der Waals surface area contributed by atoms with E-state index in [4.69, 9.17) is 12.2 Å². The smallest absolute Gasteiger partial charge is 0.187 e. The van der Waals surface area contributed by atoms with E-state index in [-0.39, 0.29) is 0 Å². The van der Waals surface area contributed by atoms with Crippen LogP contribution in [0.15, 0.2) is 17.2 Å². The Morgan fingerprint density at radius 3 is 2.89 bits per heavy atom. The van der Waals surface area contributed by atoms with E-state index in [1.54, 1.807) is 11.3 Å². The van der Waals surface area contributed by atoms with E-state index < -0.39 is 0 Å². The number of hydrogen-bond donors (Lipinski definition) is 2. The first-order valence-corrected chi connectivity index (χ1v) is 8.03. The summed E-state index contributed by atoms with van der Waals surface area (Å²) in [5.41, 5.74) is 2.90. The lowest BCUT2D eigenvalue weighted by Crippen LogP contribution is -2.44. The lowest BCUT2D eigenvalue weighted by atomic mass is 9.86. The predicted molar refractivity (Wildman–Crippen MR) is 86.9 cm³/mol. The number of thiocarbonyl (C=S) groups is 1. The van der Waals surface area contributed by atoms with Crippen LogP contribution in [0.5, 0.6) is 0 Å². The molecule has 1 aromatic heterocycles. The van der Waals surface area contributed by atoms with Crippen molar-refractivity contribution in [2.45, 2.75) is 45.6 Å². The van der Waals surface area contributed by atoms with Gasteiger partial charge in [-0.05, 0) is 50.0 Å². The average Bonchev–Trinajstić information content (AvgIpc) is 2.78. The SMILES string of the molecule is Cc1ccc(/C=N\NC(=S)N[C@H]2CCCC[C@@H]2C)s1. The van der Waals surface area contributed by atoms with E-state index in [1.807, 2.05) is 6.21 Å². The lowest BCUT2D eigenvalue weighted by molar-refractivity contribution is 0.308. The van der Waals surface area contributed by atoms with Crippen LogP contribution in [0, 0.1) is 12.8 Å². The fourth-order valence-electron chi connectivity index (χ4n) is 2.41. The van der Waals surface area contributed by atoms with Gasteiger partial charge in [0.2, 0.25) is 0 Å². The van der Waals surface area contributed by atoms with Crippen molar-refractivity contribution in [2.75, 3.05) is 0 Å². The van der Waals surface area contributed by atoms with Gasteiger partial charge in [-0.2, -0.15) is 5.10 Å². The van der Waals surface area contributed by atoms with Gasteiger partial charge in [0.05, 0.1) is 6.21 Å². The van der Waals surface area contributed by atoms with E-state index in [0.29, 0.717) is 17.1 Å². The van der Waals surface area contributed by atoms with E-state index in [9.17, 15) is 0 Å². The quantitative estimate of drug-likeness (QED) is 0.509. The molecule has 2 atom stereocenters. The summed E-state index contributed by atoms with van der Waals surface area (Å²) >= 11 is 7.00. The molecule has 2 rings (SSSR count). The van der Waals surface area contributed by atoms with Crippen LogP contribution in [0.2, 0.25) is 0 Å². The normalized spacial score (nSPS) is 23.5. The van der Waals surface area contributed by atoms with E-state index in [0.717, 1.165) is 4.88 Å². The first-order valence-electron chi connectivity index (χ1n) is 6.81. The molecule has 1 aliphatic carbocycles. The molecular formula is C14H21N3S2. The third-order valence-corrected chi connectivity index (χ3v) is 4.69. The standard InChI is InChI=1S/C14H21N3S2/c1-10-5-3-4-6-13(10)16-14(18)17-15-9-12-8-7-11(2)19-12/h7-10,13H,3-6H2,1-2H3,(H2,16,17,18)/b15-9-/t10-,13-/m0/s1. The molecule has 0 saturated heterocycles. The molecular weight excluding hydrogens is 274 g/mol. The van der Waals surface area contributed by atoms with Gasteiger partial charge in [0.15, 0.2) is 5.11 Å². The summed E-state index contributed by atoms with van der Waals surface area (Å²) in [5.74, 6) is 0.692. The second kappa shape index (κ2) is 7.01. The monoisotopic (exact) mass is 295 g/mol. The first kappa shape index (κ1) is 14.5. The molecule has 1 fully saturated rings. The summed E-state index contributed by atoms with van der Waals surface area (Å²) in [7, 11) is 0. The third-order valence-electron chi connectivity index (χ3n) is 3.55. The molecule has 0 unspecified atom stereocenters. The third kappa shape index (κ3) is 4.58. The van der Waals surface area contributed by atoms with Gasteiger partial charge < -0.3 is 5.32 Å². The fraction of sp³-hybridized carbons (Fsp3) is 0.571. The van der Waals surface area contributed by atoms with Crippen LogP contribution in [-0.2, 0) is 0 Å². The van der Waals surface area contributed by atoms with E-state index >= 15 is 0 Å². The van der Waals surface area contributed by atoms with Crippen LogP contribution in [0.1, 0.15) is 42.4 Å². The zero-order valence-electron chi connectivity index (χ0n) is 11.5. The Morgan fingerprint density at radius 1 is 1.42 bits per heavy atom. The maximum Gasteiger partial charge on any atom is 0.187 e. The van der Waals surface area contributed by atoms with Gasteiger partial charge in [-0.3, -0.25) is 5.43 Å². The Labute approximate surface area is 124 Å². The highest BCUT2D eigenvalue weighted by atomic mass is 32.1. The van der Waals surface area contributed by atoms with Gasteiger partial charge in [0, 0.05) is 15.8 Å². The first-order chi connectivity index (χ1) is 9.15. The summed E-state index contributed by atoms with van der Waals surface area (Å²) < 4.78 is 0. The predicted octanol–water partition coefficient (Wildman–Crippen LogP) is 3.43. The minimum Gasteiger partial charge on any atom is -0.358 e. The molecule has 104 valence electrons. The van der Waals surface area contributed by atoms with Gasteiger partial charge >= 0.3 is 0 Å². The molecule has 0 amide bonds. The summed E-state index contributed by atoms with van der Waals surface area (Å²) in [5, 5.41) is 8.18. The second-order valence-electron chi connectivity index (χ2n) is 5.16. The van der Waals surface area contributed by atoms with Gasteiger partial charge in [0.1, 0.15) is 0 Å². The Balaban J connectivity index is 1.76. The summed E-state index contributed by atoms with van der Waals surface area (Å²) in [4.78, 5) is 2.43. The van der Waals surface area contributed by atoms with E-state index in [1.165, 1.54) is 30.6 Å². The number of hydrogen-bond acceptors (Lipinski definition) is 3. The Kier molecular flexibility index (Phi) is 5.34. The van der Waals surface area contributed by atoms with Crippen molar-refractivity contribution in [1.29, 1.82) is 0 Å². The van der Waals surface area contributed by atoms with E-state index in [2.05, 4.69) is 41.8 Å². The Morgan fingerprint density at radius 2 is 2.21 bits per heavy atom. The van der Waals surface area contributed by atoms with Gasteiger partial charge in [-0.1, -0.05) is 19.8 Å². The van der Waals surface area contributed by atoms with Crippen molar-refractivity contribution < 1.29 is 0 Å². The van der Waals surface area contributed by atoms with Crippen molar-refractivity contribution >= 4 is 34.9 Å². The molecule has 0 radical (unpaired) electrons. The van der Waals surface area contributed by atoms with Crippen LogP contribution in [0.3, 0.4) is 0 Å². The zero-order chi connectivity index (χ0) is 13.7. The molecule has 1 aliphatic rings. The van der Waals surface area contributed by atoms with Crippen molar-refractivity contribution in [1.82, 2.24) is 10.7 Å². The summed E-state index contributed by atoms with van der Waals surface area (Å²) in [6.07, 6.45) is 6.95. The molecule has 19 heavy (non-hydrogen) atoms. The molecule has 1 saturated carbocycles. The summed E-state index contributed by atoms with van der Waals surface area (Å²) in [6, 6.07) is 4.64. The lowest BCUT2D eigenvalue weighted by Gasteiger charge is -2.30. The summed E-state index contributed by atoms with van der Waals surface area (Å²) in [6.45, 7) is 4.38. The van der Waals surface area contributed by atoms with Gasteiger partial charge in [0.25, 0.3) is 0 Å². The molecule has 2 N–H and O–H groups in total. The largest absolute Gasteiger partial charge is 0.358 e. The fourth-order valence-corrected chi connectivity index (χ4v) is 3.36. The topological polar surface area (TPSA) is 36.4 Å². The zero-order valence-corrected chi connectivity index (χ0v) is 13.1. The molecule has 0 bridgehead atoms. The number of nitrogens with zero attached hydrogens (tertiary/aromatic N) is 1. The molecule has 1 heterocycles. The van der Waals surface area contributed by atoms with Gasteiger partial charge in [-0.25, -0.2) is 0 Å². The second-order valence-corrected chi connectivity index (χ2v) is 6.89. The van der Waals surface area contributed by atoms with Crippen LogP contribution < -0.4 is 10.7 Å². The highest BCUT2D eigenvalue weighted by Gasteiger charge is 2.21. The van der Waals surface area contributed by atoms with Crippen molar-refractivity contribution in [3.63, 3.8) is 0 Å². The minimum absolute atomic E-state index is 0.493. The molecule has 0 aliphatic heterocycles. The molecule has 0 aromatic carbocycles. The maximum absolute atomic E-state index is 5.28. The van der Waals surface area contributed by atoms with Crippen LogP contribution in [0.25, 0.3) is 0 Å². The highest BCUT2D eigenvalue weighted by Crippen LogP contribution is 2.23. The maximum atomic E-state index is 5.28. The Hall–Kier alpha value is -0.940.